The zero-order chi connectivity index (χ0) is 29.3. The molecule has 218 valence electrons. The normalized spacial score (nSPS) is 12.4. The van der Waals surface area contributed by atoms with Gasteiger partial charge in [-0.05, 0) is 64.5 Å². The number of amides is 4. The Kier molecular flexibility index (Phi) is 15.0. The molecular formula is C26H41N5O8. The van der Waals surface area contributed by atoms with Gasteiger partial charge in [-0.25, -0.2) is 19.2 Å². The second-order valence-corrected chi connectivity index (χ2v) is 9.44. The van der Waals surface area contributed by atoms with Gasteiger partial charge < -0.3 is 41.6 Å². The highest BCUT2D eigenvalue weighted by atomic mass is 16.5. The van der Waals surface area contributed by atoms with E-state index in [4.69, 9.17) is 15.2 Å². The minimum Gasteiger partial charge on any atom is -0.480 e. The predicted octanol–water partition coefficient (Wildman–Crippen LogP) is 1.40. The Hall–Kier alpha value is -3.87. The maximum Gasteiger partial charge on any atom is 0.407 e. The number of carbonyl (C=O) groups excluding carboxylic acids is 4. The fourth-order valence-corrected chi connectivity index (χ4v) is 3.52. The fraction of sp³-hybridized carbons (Fsp3) is 0.577. The first-order valence-corrected chi connectivity index (χ1v) is 12.8. The molecule has 13 heteroatoms. The number of esters is 1. The van der Waals surface area contributed by atoms with Crippen molar-refractivity contribution in [3.8, 4) is 0 Å². The van der Waals surface area contributed by atoms with Gasteiger partial charge in [0.2, 0.25) is 5.91 Å². The van der Waals surface area contributed by atoms with Crippen molar-refractivity contribution in [3.63, 3.8) is 0 Å². The SMILES string of the molecule is COC(=O)C(C)(C)NC(=O)[C@@H](CCCCNC(=O)OCc1ccccc1)NC(=O)N[C@@H](CCCCN)C(=O)O. The summed E-state index contributed by atoms with van der Waals surface area (Å²) in [4.78, 5) is 61.0. The Balaban J connectivity index is 2.67. The summed E-state index contributed by atoms with van der Waals surface area (Å²) >= 11 is 0. The second-order valence-electron chi connectivity index (χ2n) is 9.44. The van der Waals surface area contributed by atoms with Crippen molar-refractivity contribution in [2.75, 3.05) is 20.2 Å². The van der Waals surface area contributed by atoms with Gasteiger partial charge in [-0.3, -0.25) is 4.79 Å². The number of carboxylic acids is 1. The van der Waals surface area contributed by atoms with Crippen LogP contribution in [0.4, 0.5) is 9.59 Å². The zero-order valence-electron chi connectivity index (χ0n) is 22.8. The summed E-state index contributed by atoms with van der Waals surface area (Å²) in [6.07, 6.45) is 1.74. The molecule has 0 aliphatic heterocycles. The average Bonchev–Trinajstić information content (AvgIpc) is 2.90. The molecule has 1 rings (SSSR count). The number of methoxy groups -OCH3 is 1. The van der Waals surface area contributed by atoms with Gasteiger partial charge in [-0.1, -0.05) is 30.3 Å². The first-order valence-electron chi connectivity index (χ1n) is 12.8. The molecule has 1 aromatic carbocycles. The van der Waals surface area contributed by atoms with Crippen molar-refractivity contribution in [3.05, 3.63) is 35.9 Å². The molecule has 0 fully saturated rings. The highest BCUT2D eigenvalue weighted by molar-refractivity contribution is 5.92. The molecule has 13 nitrogen and oxygen atoms in total. The molecule has 0 unspecified atom stereocenters. The Morgan fingerprint density at radius 2 is 1.56 bits per heavy atom. The molecule has 4 amide bonds. The van der Waals surface area contributed by atoms with E-state index < -0.39 is 47.6 Å². The Bertz CT molecular complexity index is 942. The van der Waals surface area contributed by atoms with E-state index in [-0.39, 0.29) is 26.0 Å². The van der Waals surface area contributed by atoms with Crippen molar-refractivity contribution in [1.82, 2.24) is 21.3 Å². The number of carboxylic acid groups (broad SMARTS) is 1. The van der Waals surface area contributed by atoms with Crippen molar-refractivity contribution < 1.29 is 38.6 Å². The van der Waals surface area contributed by atoms with Crippen LogP contribution in [0.1, 0.15) is 57.9 Å². The lowest BCUT2D eigenvalue weighted by Gasteiger charge is -2.27. The summed E-state index contributed by atoms with van der Waals surface area (Å²) in [5, 5.41) is 19.4. The summed E-state index contributed by atoms with van der Waals surface area (Å²) in [5.74, 6) is -2.53. The third-order valence-corrected chi connectivity index (χ3v) is 5.71. The Morgan fingerprint density at radius 3 is 2.18 bits per heavy atom. The lowest BCUT2D eigenvalue weighted by atomic mass is 10.0. The van der Waals surface area contributed by atoms with Gasteiger partial charge in [0.15, 0.2) is 0 Å². The Labute approximate surface area is 228 Å². The quantitative estimate of drug-likeness (QED) is 0.122. The van der Waals surface area contributed by atoms with Crippen LogP contribution in [0.2, 0.25) is 0 Å². The van der Waals surface area contributed by atoms with E-state index >= 15 is 0 Å². The van der Waals surface area contributed by atoms with Crippen LogP contribution in [0.15, 0.2) is 30.3 Å². The van der Waals surface area contributed by atoms with E-state index in [0.29, 0.717) is 32.2 Å². The molecule has 2 atom stereocenters. The number of ether oxygens (including phenoxy) is 2. The van der Waals surface area contributed by atoms with Crippen LogP contribution in [0, 0.1) is 0 Å². The highest BCUT2D eigenvalue weighted by Crippen LogP contribution is 2.09. The minimum atomic E-state index is -1.36. The molecule has 0 saturated carbocycles. The van der Waals surface area contributed by atoms with Gasteiger partial charge >= 0.3 is 24.1 Å². The van der Waals surface area contributed by atoms with Crippen LogP contribution in [0.3, 0.4) is 0 Å². The van der Waals surface area contributed by atoms with E-state index in [2.05, 4.69) is 21.3 Å². The van der Waals surface area contributed by atoms with E-state index in [1.165, 1.54) is 21.0 Å². The number of rotatable bonds is 17. The molecule has 39 heavy (non-hydrogen) atoms. The largest absolute Gasteiger partial charge is 0.480 e. The number of alkyl carbamates (subject to hydrolysis) is 1. The summed E-state index contributed by atoms with van der Waals surface area (Å²) in [6.45, 7) is 3.71. The van der Waals surface area contributed by atoms with Crippen LogP contribution in [0.5, 0.6) is 0 Å². The third kappa shape index (κ3) is 13.5. The van der Waals surface area contributed by atoms with Crippen LogP contribution in [-0.4, -0.2) is 72.9 Å². The molecule has 0 aliphatic carbocycles. The van der Waals surface area contributed by atoms with Gasteiger partial charge in [0.05, 0.1) is 7.11 Å². The van der Waals surface area contributed by atoms with Crippen LogP contribution >= 0.6 is 0 Å². The highest BCUT2D eigenvalue weighted by Gasteiger charge is 2.33. The number of benzene rings is 1. The lowest BCUT2D eigenvalue weighted by Crippen LogP contribution is -2.58. The number of carbonyl (C=O) groups is 5. The first-order chi connectivity index (χ1) is 18.5. The van der Waals surface area contributed by atoms with Crippen LogP contribution in [-0.2, 0) is 30.5 Å². The van der Waals surface area contributed by atoms with Gasteiger partial charge in [-0.15, -0.1) is 0 Å². The van der Waals surface area contributed by atoms with E-state index in [1.54, 1.807) is 0 Å². The number of hydrogen-bond acceptors (Lipinski definition) is 8. The molecule has 0 heterocycles. The topological polar surface area (TPSA) is 198 Å². The second kappa shape index (κ2) is 17.6. The molecule has 7 N–H and O–H groups in total. The molecule has 0 saturated heterocycles. The average molecular weight is 552 g/mol. The summed E-state index contributed by atoms with van der Waals surface area (Å²) < 4.78 is 9.85. The predicted molar refractivity (Wildman–Crippen MR) is 143 cm³/mol. The smallest absolute Gasteiger partial charge is 0.407 e. The number of urea groups is 1. The van der Waals surface area contributed by atoms with Gasteiger partial charge in [0, 0.05) is 6.54 Å². The minimum absolute atomic E-state index is 0.132. The van der Waals surface area contributed by atoms with E-state index in [0.717, 1.165) is 5.56 Å². The van der Waals surface area contributed by atoms with Gasteiger partial charge in [0.1, 0.15) is 24.2 Å². The molecule has 0 spiro atoms. The fourth-order valence-electron chi connectivity index (χ4n) is 3.52. The van der Waals surface area contributed by atoms with E-state index in [9.17, 15) is 29.1 Å². The number of nitrogens with one attached hydrogen (secondary N) is 4. The monoisotopic (exact) mass is 551 g/mol. The molecular weight excluding hydrogens is 510 g/mol. The molecule has 0 radical (unpaired) electrons. The number of aliphatic carboxylic acids is 1. The van der Waals surface area contributed by atoms with Crippen molar-refractivity contribution >= 4 is 30.0 Å². The molecule has 0 aromatic heterocycles. The third-order valence-electron chi connectivity index (χ3n) is 5.71. The van der Waals surface area contributed by atoms with Gasteiger partial charge in [0.25, 0.3) is 0 Å². The maximum absolute atomic E-state index is 13.0. The van der Waals surface area contributed by atoms with E-state index in [1.807, 2.05) is 30.3 Å². The van der Waals surface area contributed by atoms with Crippen molar-refractivity contribution in [1.29, 1.82) is 0 Å². The first kappa shape index (κ1) is 33.2. The van der Waals surface area contributed by atoms with Crippen LogP contribution < -0.4 is 27.0 Å². The number of unbranched alkanes of at least 4 members (excludes halogenated alkanes) is 2. The molecule has 1 aromatic rings. The van der Waals surface area contributed by atoms with Crippen LogP contribution in [0.25, 0.3) is 0 Å². The lowest BCUT2D eigenvalue weighted by molar-refractivity contribution is -0.149. The molecule has 0 aliphatic rings. The van der Waals surface area contributed by atoms with Crippen molar-refractivity contribution in [2.45, 2.75) is 76.6 Å². The number of hydrogen-bond donors (Lipinski definition) is 6. The molecule has 0 bridgehead atoms. The standard InChI is InChI=1S/C26H41N5O8/c1-26(2,23(35)38-3)31-21(32)19(29-24(36)30-20(22(33)34)14-7-9-15-27)13-8-10-16-28-25(37)39-17-18-11-5-4-6-12-18/h4-6,11-12,19-20H,7-10,13-17,27H2,1-3H3,(H,28,37)(H,31,32)(H,33,34)(H2,29,30,36)/t19-,20+/m1/s1. The maximum atomic E-state index is 13.0. The summed E-state index contributed by atoms with van der Waals surface area (Å²) in [6, 6.07) is 6.13. The van der Waals surface area contributed by atoms with Gasteiger partial charge in [-0.2, -0.15) is 0 Å². The Morgan fingerprint density at radius 1 is 0.949 bits per heavy atom. The summed E-state index contributed by atoms with van der Waals surface area (Å²) in [5.41, 5.74) is 4.93. The zero-order valence-corrected chi connectivity index (χ0v) is 22.8. The van der Waals surface area contributed by atoms with Crippen molar-refractivity contribution in [2.24, 2.45) is 5.73 Å². The number of nitrogens with two attached hydrogens (primary N) is 1. The summed E-state index contributed by atoms with van der Waals surface area (Å²) in [7, 11) is 1.19.